The molecule has 0 spiro atoms. The molecule has 1 aromatic carbocycles. The summed E-state index contributed by atoms with van der Waals surface area (Å²) >= 11 is 0. The summed E-state index contributed by atoms with van der Waals surface area (Å²) in [6.45, 7) is 8.02. The van der Waals surface area contributed by atoms with Crippen LogP contribution >= 0.6 is 0 Å². The molecule has 0 aliphatic heterocycles. The lowest BCUT2D eigenvalue weighted by Gasteiger charge is -2.21. The zero-order valence-corrected chi connectivity index (χ0v) is 9.33. The van der Waals surface area contributed by atoms with E-state index in [0.717, 1.165) is 12.1 Å². The predicted molar refractivity (Wildman–Crippen MR) is 63.5 cm³/mol. The highest BCUT2D eigenvalue weighted by Gasteiger charge is 2.09. The van der Waals surface area contributed by atoms with E-state index in [2.05, 4.69) is 25.7 Å². The Balaban J connectivity index is 2.53. The van der Waals surface area contributed by atoms with E-state index < -0.39 is 0 Å². The Morgan fingerprint density at radius 3 is 2.47 bits per heavy atom. The van der Waals surface area contributed by atoms with E-state index >= 15 is 0 Å². The molecule has 0 aromatic heterocycles. The third kappa shape index (κ3) is 3.74. The maximum absolute atomic E-state index is 12.7. The van der Waals surface area contributed by atoms with Gasteiger partial charge in [-0.25, -0.2) is 4.39 Å². The molecule has 0 amide bonds. The van der Waals surface area contributed by atoms with Crippen molar-refractivity contribution in [2.75, 3.05) is 5.32 Å². The first-order valence-electron chi connectivity index (χ1n) is 5.26. The van der Waals surface area contributed by atoms with Crippen molar-refractivity contribution in [1.82, 2.24) is 0 Å². The highest BCUT2D eigenvalue weighted by atomic mass is 19.1. The number of hydrogen-bond acceptors (Lipinski definition) is 1. The molecule has 0 radical (unpaired) electrons. The van der Waals surface area contributed by atoms with Gasteiger partial charge in [0.1, 0.15) is 5.82 Å². The van der Waals surface area contributed by atoms with Crippen molar-refractivity contribution >= 4 is 5.69 Å². The van der Waals surface area contributed by atoms with Crippen molar-refractivity contribution in [1.29, 1.82) is 0 Å². The summed E-state index contributed by atoms with van der Waals surface area (Å²) in [7, 11) is 0. The summed E-state index contributed by atoms with van der Waals surface area (Å²) in [6, 6.07) is 6.80. The molecule has 1 rings (SSSR count). The Bertz CT molecular complexity index is 305. The molecule has 1 aromatic rings. The Kier molecular flexibility index (Phi) is 4.35. The first-order chi connectivity index (χ1) is 7.13. The summed E-state index contributed by atoms with van der Waals surface area (Å²) in [5.41, 5.74) is 0.958. The molecule has 1 nitrogen and oxygen atoms in total. The third-order valence-electron chi connectivity index (χ3n) is 2.63. The molecule has 1 N–H and O–H groups in total. The van der Waals surface area contributed by atoms with Crippen molar-refractivity contribution in [2.24, 2.45) is 5.92 Å². The second-order valence-electron chi connectivity index (χ2n) is 3.94. The Morgan fingerprint density at radius 2 is 1.93 bits per heavy atom. The van der Waals surface area contributed by atoms with Gasteiger partial charge in [-0.3, -0.25) is 0 Å². The number of allylic oxidation sites excluding steroid dienone is 1. The average Bonchev–Trinajstić information content (AvgIpc) is 2.22. The van der Waals surface area contributed by atoms with Gasteiger partial charge in [0.25, 0.3) is 0 Å². The van der Waals surface area contributed by atoms with E-state index in [1.807, 2.05) is 6.08 Å². The molecule has 0 heterocycles. The van der Waals surface area contributed by atoms with Gasteiger partial charge in [0, 0.05) is 11.7 Å². The van der Waals surface area contributed by atoms with Gasteiger partial charge in [0.15, 0.2) is 0 Å². The van der Waals surface area contributed by atoms with Crippen molar-refractivity contribution in [3.63, 3.8) is 0 Å². The Morgan fingerprint density at radius 1 is 1.33 bits per heavy atom. The summed E-state index contributed by atoms with van der Waals surface area (Å²) < 4.78 is 12.7. The van der Waals surface area contributed by atoms with Gasteiger partial charge in [-0.05, 0) is 43.5 Å². The third-order valence-corrected chi connectivity index (χ3v) is 2.63. The molecule has 0 fully saturated rings. The van der Waals surface area contributed by atoms with Crippen LogP contribution in [0.5, 0.6) is 0 Å². The number of anilines is 1. The zero-order valence-electron chi connectivity index (χ0n) is 9.33. The van der Waals surface area contributed by atoms with Crippen LogP contribution in [0, 0.1) is 11.7 Å². The molecule has 15 heavy (non-hydrogen) atoms. The van der Waals surface area contributed by atoms with Gasteiger partial charge < -0.3 is 5.32 Å². The lowest BCUT2D eigenvalue weighted by Crippen LogP contribution is -2.23. The van der Waals surface area contributed by atoms with Crippen LogP contribution in [0.25, 0.3) is 0 Å². The number of hydrogen-bond donors (Lipinski definition) is 1. The van der Waals surface area contributed by atoms with Crippen LogP contribution in [0.1, 0.15) is 20.3 Å². The van der Waals surface area contributed by atoms with E-state index in [1.54, 1.807) is 12.1 Å². The van der Waals surface area contributed by atoms with Crippen molar-refractivity contribution in [3.8, 4) is 0 Å². The molecule has 2 unspecified atom stereocenters. The lowest BCUT2D eigenvalue weighted by atomic mass is 10.00. The van der Waals surface area contributed by atoms with Gasteiger partial charge >= 0.3 is 0 Å². The molecule has 82 valence electrons. The highest BCUT2D eigenvalue weighted by molar-refractivity contribution is 5.43. The van der Waals surface area contributed by atoms with Crippen LogP contribution in [0.2, 0.25) is 0 Å². The average molecular weight is 207 g/mol. The summed E-state index contributed by atoms with van der Waals surface area (Å²) in [4.78, 5) is 0. The van der Waals surface area contributed by atoms with E-state index in [-0.39, 0.29) is 5.82 Å². The molecule has 0 bridgehead atoms. The summed E-state index contributed by atoms with van der Waals surface area (Å²) in [6.07, 6.45) is 2.91. The second kappa shape index (κ2) is 5.54. The molecule has 0 saturated heterocycles. The SMILES string of the molecule is C=CCC(C)C(C)Nc1ccc(F)cc1. The van der Waals surface area contributed by atoms with Gasteiger partial charge in [-0.2, -0.15) is 0 Å². The maximum Gasteiger partial charge on any atom is 0.123 e. The van der Waals surface area contributed by atoms with Crippen molar-refractivity contribution in [2.45, 2.75) is 26.3 Å². The van der Waals surface area contributed by atoms with Gasteiger partial charge in [0.2, 0.25) is 0 Å². The zero-order chi connectivity index (χ0) is 11.3. The smallest absolute Gasteiger partial charge is 0.123 e. The molecule has 2 atom stereocenters. The van der Waals surface area contributed by atoms with Crippen LogP contribution in [0.4, 0.5) is 10.1 Å². The molecular formula is C13H18FN. The van der Waals surface area contributed by atoms with Gasteiger partial charge in [-0.1, -0.05) is 13.0 Å². The van der Waals surface area contributed by atoms with E-state index in [9.17, 15) is 4.39 Å². The number of halogens is 1. The predicted octanol–water partition coefficient (Wildman–Crippen LogP) is 3.84. The number of nitrogens with one attached hydrogen (secondary N) is 1. The topological polar surface area (TPSA) is 12.0 Å². The van der Waals surface area contributed by atoms with E-state index in [4.69, 9.17) is 0 Å². The first kappa shape index (κ1) is 11.8. The first-order valence-corrected chi connectivity index (χ1v) is 5.26. The fourth-order valence-electron chi connectivity index (χ4n) is 1.42. The molecule has 0 aliphatic rings. The van der Waals surface area contributed by atoms with E-state index in [1.165, 1.54) is 12.1 Å². The fraction of sp³-hybridized carbons (Fsp3) is 0.385. The Labute approximate surface area is 91.0 Å². The van der Waals surface area contributed by atoms with Crippen molar-refractivity contribution < 1.29 is 4.39 Å². The minimum atomic E-state index is -0.202. The number of benzene rings is 1. The molecule has 0 saturated carbocycles. The summed E-state index contributed by atoms with van der Waals surface area (Å²) in [5.74, 6) is 0.319. The van der Waals surface area contributed by atoms with E-state index in [0.29, 0.717) is 12.0 Å². The Hall–Kier alpha value is -1.31. The quantitative estimate of drug-likeness (QED) is 0.723. The standard InChI is InChI=1S/C13H18FN/c1-4-5-10(2)11(3)15-13-8-6-12(14)7-9-13/h4,6-11,15H,1,5H2,2-3H3. The van der Waals surface area contributed by atoms with Gasteiger partial charge in [-0.15, -0.1) is 6.58 Å². The second-order valence-corrected chi connectivity index (χ2v) is 3.94. The lowest BCUT2D eigenvalue weighted by molar-refractivity contribution is 0.517. The van der Waals surface area contributed by atoms with Crippen molar-refractivity contribution in [3.05, 3.63) is 42.7 Å². The minimum Gasteiger partial charge on any atom is -0.382 e. The van der Waals surface area contributed by atoms with Crippen LogP contribution in [0.3, 0.4) is 0 Å². The number of rotatable bonds is 5. The molecule has 2 heteroatoms. The molecule has 0 aliphatic carbocycles. The monoisotopic (exact) mass is 207 g/mol. The maximum atomic E-state index is 12.7. The minimum absolute atomic E-state index is 0.202. The molecular weight excluding hydrogens is 189 g/mol. The largest absolute Gasteiger partial charge is 0.382 e. The highest BCUT2D eigenvalue weighted by Crippen LogP contribution is 2.15. The van der Waals surface area contributed by atoms with Crippen LogP contribution in [-0.4, -0.2) is 6.04 Å². The summed E-state index contributed by atoms with van der Waals surface area (Å²) in [5, 5.41) is 3.34. The normalized spacial score (nSPS) is 14.3. The van der Waals surface area contributed by atoms with Crippen LogP contribution < -0.4 is 5.32 Å². The van der Waals surface area contributed by atoms with Crippen LogP contribution in [-0.2, 0) is 0 Å². The van der Waals surface area contributed by atoms with Gasteiger partial charge in [0.05, 0.1) is 0 Å². The van der Waals surface area contributed by atoms with Crippen LogP contribution in [0.15, 0.2) is 36.9 Å². The fourth-order valence-corrected chi connectivity index (χ4v) is 1.42.